The summed E-state index contributed by atoms with van der Waals surface area (Å²) in [6.45, 7) is 0. The lowest BCUT2D eigenvalue weighted by Gasteiger charge is -2.23. The second-order valence-electron chi connectivity index (χ2n) is 5.02. The number of hydrogen-bond acceptors (Lipinski definition) is 4. The van der Waals surface area contributed by atoms with Gasteiger partial charge in [0.05, 0.1) is 11.4 Å². The Morgan fingerprint density at radius 1 is 0.905 bits per heavy atom. The van der Waals surface area contributed by atoms with Crippen molar-refractivity contribution in [2.75, 3.05) is 11.1 Å². The zero-order valence-electron chi connectivity index (χ0n) is 11.4. The molecule has 1 N–H and O–H groups in total. The van der Waals surface area contributed by atoms with Gasteiger partial charge in [0.15, 0.2) is 0 Å². The summed E-state index contributed by atoms with van der Waals surface area (Å²) in [5.41, 5.74) is 2.61. The summed E-state index contributed by atoms with van der Waals surface area (Å²) in [5, 5.41) is 7.95. The third-order valence-corrected chi connectivity index (χ3v) is 6.82. The number of nitrogens with one attached hydrogen (secondary N) is 1. The van der Waals surface area contributed by atoms with Crippen LogP contribution in [-0.2, 0) is 0 Å². The molecule has 4 rings (SSSR count). The first-order valence-corrected chi connectivity index (χ1v) is 9.76. The predicted octanol–water partition coefficient (Wildman–Crippen LogP) is 6.18. The molecule has 3 aromatic rings. The van der Waals surface area contributed by atoms with Gasteiger partial charge < -0.3 is 5.32 Å². The van der Waals surface area contributed by atoms with Crippen molar-refractivity contribution in [1.29, 1.82) is 0 Å². The quantitative estimate of drug-likeness (QED) is 0.573. The third kappa shape index (κ3) is 2.63. The van der Waals surface area contributed by atoms with Gasteiger partial charge in [-0.25, -0.2) is 0 Å². The second-order valence-corrected chi connectivity index (χ2v) is 8.09. The van der Waals surface area contributed by atoms with E-state index in [1.165, 1.54) is 32.4 Å². The Bertz CT molecular complexity index is 689. The lowest BCUT2D eigenvalue weighted by Crippen LogP contribution is -2.08. The van der Waals surface area contributed by atoms with E-state index in [-0.39, 0.29) is 0 Å². The molecule has 0 spiro atoms. The number of hydrogen-bond donors (Lipinski definition) is 1. The van der Waals surface area contributed by atoms with Crippen molar-refractivity contribution in [3.63, 3.8) is 0 Å². The van der Waals surface area contributed by atoms with Gasteiger partial charge in [0.2, 0.25) is 0 Å². The van der Waals surface area contributed by atoms with Crippen LogP contribution in [0.25, 0.3) is 0 Å². The Morgan fingerprint density at radius 3 is 2.24 bits per heavy atom. The van der Waals surface area contributed by atoms with Gasteiger partial charge in [-0.15, -0.1) is 34.4 Å². The zero-order chi connectivity index (χ0) is 14.1. The summed E-state index contributed by atoms with van der Waals surface area (Å²) >= 11 is 5.72. The minimum absolute atomic E-state index is 0.562. The fourth-order valence-corrected chi connectivity index (χ4v) is 5.73. The molecule has 2 aromatic heterocycles. The number of thioether (sulfide) groups is 1. The standard InChI is InChI=1S/C17H15NS3/c1-2-4-12(5-3-1)19-9-6-13-16-14(7-10-20-16)18-15-8-11-21-17(13)15/h1-5,7-8,10-11,13,18H,6,9H2. The van der Waals surface area contributed by atoms with E-state index in [1.807, 2.05) is 34.4 Å². The minimum atomic E-state index is 0.562. The van der Waals surface area contributed by atoms with E-state index in [4.69, 9.17) is 0 Å². The lowest BCUT2D eigenvalue weighted by atomic mass is 9.97. The molecule has 1 aliphatic rings. The van der Waals surface area contributed by atoms with Gasteiger partial charge in [0.1, 0.15) is 0 Å². The second kappa shape index (κ2) is 5.87. The highest BCUT2D eigenvalue weighted by molar-refractivity contribution is 7.99. The Hall–Kier alpha value is -1.23. The van der Waals surface area contributed by atoms with Crippen molar-refractivity contribution in [2.24, 2.45) is 0 Å². The Morgan fingerprint density at radius 2 is 1.57 bits per heavy atom. The molecule has 0 unspecified atom stereocenters. The third-order valence-electron chi connectivity index (χ3n) is 3.71. The van der Waals surface area contributed by atoms with Crippen LogP contribution in [0.3, 0.4) is 0 Å². The number of fused-ring (bicyclic) bond motifs is 2. The van der Waals surface area contributed by atoms with Crippen LogP contribution in [0, 0.1) is 0 Å². The van der Waals surface area contributed by atoms with Crippen molar-refractivity contribution in [3.8, 4) is 0 Å². The molecule has 3 heterocycles. The first-order chi connectivity index (χ1) is 10.4. The topological polar surface area (TPSA) is 12.0 Å². The minimum Gasteiger partial charge on any atom is -0.354 e. The Kier molecular flexibility index (Phi) is 3.76. The van der Waals surface area contributed by atoms with Crippen molar-refractivity contribution in [1.82, 2.24) is 0 Å². The molecule has 0 saturated carbocycles. The van der Waals surface area contributed by atoms with Gasteiger partial charge in [0.25, 0.3) is 0 Å². The monoisotopic (exact) mass is 329 g/mol. The molecular weight excluding hydrogens is 314 g/mol. The van der Waals surface area contributed by atoms with Crippen LogP contribution < -0.4 is 5.32 Å². The van der Waals surface area contributed by atoms with E-state index in [2.05, 4.69) is 58.5 Å². The fourth-order valence-electron chi connectivity index (χ4n) is 2.73. The van der Waals surface area contributed by atoms with Crippen molar-refractivity contribution in [3.05, 3.63) is 63.0 Å². The van der Waals surface area contributed by atoms with Crippen LogP contribution >= 0.6 is 34.4 Å². The summed E-state index contributed by atoms with van der Waals surface area (Å²) in [5.74, 6) is 1.72. The molecule has 106 valence electrons. The molecule has 0 fully saturated rings. The normalized spacial score (nSPS) is 13.5. The van der Waals surface area contributed by atoms with Crippen LogP contribution in [0.15, 0.2) is 58.1 Å². The van der Waals surface area contributed by atoms with Crippen LogP contribution in [0.4, 0.5) is 11.4 Å². The molecule has 0 bridgehead atoms. The van der Waals surface area contributed by atoms with Crippen LogP contribution in [0.5, 0.6) is 0 Å². The fraction of sp³-hybridized carbons (Fsp3) is 0.176. The highest BCUT2D eigenvalue weighted by Crippen LogP contribution is 2.48. The van der Waals surface area contributed by atoms with Gasteiger partial charge in [-0.1, -0.05) is 18.2 Å². The van der Waals surface area contributed by atoms with E-state index in [9.17, 15) is 0 Å². The summed E-state index contributed by atoms with van der Waals surface area (Å²) in [4.78, 5) is 4.36. The highest BCUT2D eigenvalue weighted by atomic mass is 32.2. The van der Waals surface area contributed by atoms with Crippen molar-refractivity contribution in [2.45, 2.75) is 17.2 Å². The van der Waals surface area contributed by atoms with E-state index < -0.39 is 0 Å². The maximum atomic E-state index is 3.55. The summed E-state index contributed by atoms with van der Waals surface area (Å²) in [7, 11) is 0. The molecule has 21 heavy (non-hydrogen) atoms. The Labute approximate surface area is 137 Å². The van der Waals surface area contributed by atoms with E-state index in [0.717, 1.165) is 5.75 Å². The lowest BCUT2D eigenvalue weighted by molar-refractivity contribution is 0.813. The van der Waals surface area contributed by atoms with Gasteiger partial charge in [-0.05, 0) is 47.2 Å². The van der Waals surface area contributed by atoms with Crippen LogP contribution in [0.2, 0.25) is 0 Å². The zero-order valence-corrected chi connectivity index (χ0v) is 13.9. The molecule has 0 amide bonds. The number of rotatable bonds is 4. The molecule has 0 aliphatic carbocycles. The number of benzene rings is 1. The van der Waals surface area contributed by atoms with Gasteiger partial charge >= 0.3 is 0 Å². The molecule has 0 radical (unpaired) electrons. The average Bonchev–Trinajstić information content (AvgIpc) is 3.16. The van der Waals surface area contributed by atoms with Crippen LogP contribution in [0.1, 0.15) is 22.1 Å². The molecule has 0 saturated heterocycles. The molecule has 1 aromatic carbocycles. The molecule has 0 atom stereocenters. The average molecular weight is 330 g/mol. The maximum absolute atomic E-state index is 3.55. The molecular formula is C17H15NS3. The van der Waals surface area contributed by atoms with E-state index in [0.29, 0.717) is 5.92 Å². The van der Waals surface area contributed by atoms with Gasteiger partial charge in [-0.2, -0.15) is 0 Å². The first kappa shape index (κ1) is 13.4. The van der Waals surface area contributed by atoms with Crippen LogP contribution in [-0.4, -0.2) is 5.75 Å². The smallest absolute Gasteiger partial charge is 0.0532 e. The summed E-state index contributed by atoms with van der Waals surface area (Å²) in [6.07, 6.45) is 1.20. The largest absolute Gasteiger partial charge is 0.354 e. The van der Waals surface area contributed by atoms with Crippen molar-refractivity contribution >= 4 is 45.8 Å². The van der Waals surface area contributed by atoms with E-state index in [1.54, 1.807) is 0 Å². The first-order valence-electron chi connectivity index (χ1n) is 7.01. The summed E-state index contributed by atoms with van der Waals surface area (Å²) < 4.78 is 0. The molecule has 4 heteroatoms. The molecule has 1 nitrogen and oxygen atoms in total. The molecule has 1 aliphatic heterocycles. The van der Waals surface area contributed by atoms with E-state index >= 15 is 0 Å². The Balaban J connectivity index is 1.52. The number of thiophene rings is 2. The maximum Gasteiger partial charge on any atom is 0.0532 e. The van der Waals surface area contributed by atoms with Gasteiger partial charge in [0, 0.05) is 20.6 Å². The predicted molar refractivity (Wildman–Crippen MR) is 95.5 cm³/mol. The highest BCUT2D eigenvalue weighted by Gasteiger charge is 2.27. The van der Waals surface area contributed by atoms with Gasteiger partial charge in [-0.3, -0.25) is 0 Å². The van der Waals surface area contributed by atoms with Crippen molar-refractivity contribution < 1.29 is 0 Å². The number of anilines is 2. The summed E-state index contributed by atoms with van der Waals surface area (Å²) in [6, 6.07) is 15.1. The SMILES string of the molecule is c1ccc(SCCC2c3sccc3Nc3ccsc32)cc1.